The van der Waals surface area contributed by atoms with Gasteiger partial charge in [0.2, 0.25) is 0 Å². The third-order valence-corrected chi connectivity index (χ3v) is 5.70. The van der Waals surface area contributed by atoms with Crippen molar-refractivity contribution in [1.29, 1.82) is 5.26 Å². The number of halogens is 3. The lowest BCUT2D eigenvalue weighted by atomic mass is 9.84. The largest absolute Gasteiger partial charge is 0.435 e. The molecule has 1 amide bonds. The number of carbonyl (C=O) groups is 1. The van der Waals surface area contributed by atoms with Gasteiger partial charge in [-0.25, -0.2) is 4.68 Å². The van der Waals surface area contributed by atoms with E-state index < -0.39 is 17.8 Å². The monoisotopic (exact) mass is 438 g/mol. The number of nitrogens with zero attached hydrogens (tertiary/aromatic N) is 3. The maximum Gasteiger partial charge on any atom is 0.435 e. The van der Waals surface area contributed by atoms with E-state index in [4.69, 9.17) is 5.26 Å². The van der Waals surface area contributed by atoms with Crippen LogP contribution in [0.25, 0.3) is 5.69 Å². The van der Waals surface area contributed by atoms with Crippen molar-refractivity contribution in [1.82, 2.24) is 9.78 Å². The number of rotatable bonds is 4. The topological polar surface area (TPSA) is 70.7 Å². The van der Waals surface area contributed by atoms with Gasteiger partial charge in [-0.1, -0.05) is 37.5 Å². The Morgan fingerprint density at radius 1 is 1.06 bits per heavy atom. The van der Waals surface area contributed by atoms with Gasteiger partial charge in [0.1, 0.15) is 5.69 Å². The number of amides is 1. The number of nitriles is 1. The van der Waals surface area contributed by atoms with Crippen molar-refractivity contribution in [2.75, 3.05) is 5.32 Å². The molecule has 0 spiro atoms. The lowest BCUT2D eigenvalue weighted by Crippen LogP contribution is -2.17. The van der Waals surface area contributed by atoms with E-state index in [1.165, 1.54) is 49.1 Å². The molecule has 1 saturated carbocycles. The molecular weight excluding hydrogens is 417 g/mol. The van der Waals surface area contributed by atoms with Crippen LogP contribution < -0.4 is 5.32 Å². The van der Waals surface area contributed by atoms with E-state index in [0.29, 0.717) is 17.7 Å². The van der Waals surface area contributed by atoms with Crippen LogP contribution in [0.5, 0.6) is 0 Å². The van der Waals surface area contributed by atoms with Crippen molar-refractivity contribution in [2.45, 2.75) is 44.2 Å². The minimum absolute atomic E-state index is 0.192. The quantitative estimate of drug-likeness (QED) is 0.538. The fourth-order valence-corrected chi connectivity index (χ4v) is 4.06. The normalized spacial score (nSPS) is 14.7. The first-order valence-electron chi connectivity index (χ1n) is 10.4. The van der Waals surface area contributed by atoms with Crippen molar-refractivity contribution < 1.29 is 18.0 Å². The fraction of sp³-hybridized carbons (Fsp3) is 0.292. The zero-order chi connectivity index (χ0) is 22.7. The summed E-state index contributed by atoms with van der Waals surface area (Å²) in [6.45, 7) is 0. The number of benzene rings is 2. The van der Waals surface area contributed by atoms with Crippen LogP contribution in [0.4, 0.5) is 18.9 Å². The van der Waals surface area contributed by atoms with Crippen molar-refractivity contribution in [3.63, 3.8) is 0 Å². The Morgan fingerprint density at radius 2 is 1.78 bits per heavy atom. The van der Waals surface area contributed by atoms with E-state index in [9.17, 15) is 18.0 Å². The Labute approximate surface area is 183 Å². The summed E-state index contributed by atoms with van der Waals surface area (Å²) in [6.07, 6.45) is 1.26. The predicted octanol–water partition coefficient (Wildman–Crippen LogP) is 6.06. The fourth-order valence-electron chi connectivity index (χ4n) is 4.06. The first-order chi connectivity index (χ1) is 15.3. The van der Waals surface area contributed by atoms with Gasteiger partial charge in [0, 0.05) is 11.8 Å². The Bertz CT molecular complexity index is 1150. The van der Waals surface area contributed by atoms with Gasteiger partial charge in [-0.3, -0.25) is 4.79 Å². The van der Waals surface area contributed by atoms with Crippen molar-refractivity contribution in [3.8, 4) is 11.8 Å². The van der Waals surface area contributed by atoms with E-state index in [1.54, 1.807) is 12.1 Å². The summed E-state index contributed by atoms with van der Waals surface area (Å²) < 4.78 is 40.8. The molecule has 1 fully saturated rings. The second-order valence-electron chi connectivity index (χ2n) is 7.90. The van der Waals surface area contributed by atoms with Crippen LogP contribution in [0.1, 0.15) is 65.3 Å². The number of carbonyl (C=O) groups excluding carboxylic acids is 1. The molecule has 0 bridgehead atoms. The summed E-state index contributed by atoms with van der Waals surface area (Å²) in [5.41, 5.74) is 0.678. The Hall–Kier alpha value is -3.60. The maximum atomic E-state index is 13.3. The van der Waals surface area contributed by atoms with Gasteiger partial charge in [0.05, 0.1) is 17.3 Å². The van der Waals surface area contributed by atoms with E-state index in [2.05, 4.69) is 10.4 Å². The number of hydrogen-bond donors (Lipinski definition) is 1. The summed E-state index contributed by atoms with van der Waals surface area (Å²) in [5, 5.41) is 15.3. The zero-order valence-electron chi connectivity index (χ0n) is 17.2. The van der Waals surface area contributed by atoms with Crippen molar-refractivity contribution in [3.05, 3.63) is 77.1 Å². The molecule has 164 valence electrons. The third kappa shape index (κ3) is 4.67. The highest BCUT2D eigenvalue weighted by Crippen LogP contribution is 2.33. The molecule has 4 rings (SSSR count). The molecule has 5 nitrogen and oxygen atoms in total. The molecule has 0 unspecified atom stereocenters. The van der Waals surface area contributed by atoms with E-state index in [-0.39, 0.29) is 16.9 Å². The van der Waals surface area contributed by atoms with Gasteiger partial charge in [0.25, 0.3) is 5.91 Å². The number of aromatic nitrogens is 2. The summed E-state index contributed by atoms with van der Waals surface area (Å²) in [4.78, 5) is 12.9. The van der Waals surface area contributed by atoms with Gasteiger partial charge in [0.15, 0.2) is 5.69 Å². The van der Waals surface area contributed by atoms with Gasteiger partial charge in [-0.05, 0) is 54.7 Å². The van der Waals surface area contributed by atoms with Crippen LogP contribution in [0.2, 0.25) is 0 Å². The molecule has 0 aliphatic heterocycles. The zero-order valence-corrected chi connectivity index (χ0v) is 17.2. The molecule has 3 aromatic rings. The van der Waals surface area contributed by atoms with Crippen LogP contribution in [0.15, 0.2) is 54.6 Å². The molecule has 0 radical (unpaired) electrons. The minimum Gasteiger partial charge on any atom is -0.321 e. The Kier molecular flexibility index (Phi) is 5.99. The van der Waals surface area contributed by atoms with Crippen LogP contribution in [-0.2, 0) is 6.18 Å². The van der Waals surface area contributed by atoms with E-state index in [1.807, 2.05) is 18.2 Å². The molecule has 32 heavy (non-hydrogen) atoms. The van der Waals surface area contributed by atoms with Gasteiger partial charge < -0.3 is 5.32 Å². The molecule has 1 aromatic heterocycles. The Morgan fingerprint density at radius 3 is 2.44 bits per heavy atom. The summed E-state index contributed by atoms with van der Waals surface area (Å²) in [6, 6.07) is 16.0. The molecule has 0 atom stereocenters. The number of alkyl halides is 3. The van der Waals surface area contributed by atoms with E-state index >= 15 is 0 Å². The smallest absolute Gasteiger partial charge is 0.321 e. The number of nitrogens with one attached hydrogen (secondary N) is 1. The second kappa shape index (κ2) is 8.87. The first kappa shape index (κ1) is 21.6. The third-order valence-electron chi connectivity index (χ3n) is 5.70. The number of anilines is 1. The highest BCUT2D eigenvalue weighted by atomic mass is 19.4. The Balaban J connectivity index is 1.61. The lowest BCUT2D eigenvalue weighted by Gasteiger charge is -2.22. The standard InChI is InChI=1S/C24H21F3N4O/c25-24(26,27)22-14-21(31(30-22)20-8-4-5-16(13-20)15-28)23(32)29-19-11-9-18(10-12-19)17-6-2-1-3-7-17/h4-5,8-14,17H,1-3,6-7H2,(H,29,32). The first-order valence-corrected chi connectivity index (χ1v) is 10.4. The summed E-state index contributed by atoms with van der Waals surface area (Å²) in [7, 11) is 0. The van der Waals surface area contributed by atoms with Crippen LogP contribution in [-0.4, -0.2) is 15.7 Å². The predicted molar refractivity (Wildman–Crippen MR) is 114 cm³/mol. The lowest BCUT2D eigenvalue weighted by molar-refractivity contribution is -0.141. The van der Waals surface area contributed by atoms with Gasteiger partial charge >= 0.3 is 6.18 Å². The molecule has 0 saturated heterocycles. The molecule has 1 aliphatic carbocycles. The van der Waals surface area contributed by atoms with Crippen LogP contribution in [0, 0.1) is 11.3 Å². The molecule has 1 N–H and O–H groups in total. The summed E-state index contributed by atoms with van der Waals surface area (Å²) >= 11 is 0. The molecule has 1 aliphatic rings. The minimum atomic E-state index is -4.71. The van der Waals surface area contributed by atoms with Gasteiger partial charge in [-0.2, -0.15) is 23.5 Å². The SMILES string of the molecule is N#Cc1cccc(-n2nc(C(F)(F)F)cc2C(=O)Nc2ccc(C3CCCCC3)cc2)c1. The summed E-state index contributed by atoms with van der Waals surface area (Å²) in [5.74, 6) is -0.211. The second-order valence-corrected chi connectivity index (χ2v) is 7.90. The molecule has 8 heteroatoms. The van der Waals surface area contributed by atoms with Gasteiger partial charge in [-0.15, -0.1) is 0 Å². The number of hydrogen-bond acceptors (Lipinski definition) is 3. The highest BCUT2D eigenvalue weighted by Gasteiger charge is 2.36. The molecule has 1 heterocycles. The van der Waals surface area contributed by atoms with Crippen molar-refractivity contribution >= 4 is 11.6 Å². The van der Waals surface area contributed by atoms with E-state index in [0.717, 1.165) is 17.5 Å². The highest BCUT2D eigenvalue weighted by molar-refractivity contribution is 6.03. The molecule has 2 aromatic carbocycles. The average Bonchev–Trinajstić information content (AvgIpc) is 3.27. The van der Waals surface area contributed by atoms with Crippen LogP contribution in [0.3, 0.4) is 0 Å². The van der Waals surface area contributed by atoms with Crippen LogP contribution >= 0.6 is 0 Å². The van der Waals surface area contributed by atoms with Crippen molar-refractivity contribution in [2.24, 2.45) is 0 Å². The maximum absolute atomic E-state index is 13.3. The average molecular weight is 438 g/mol. The molecular formula is C24H21F3N4O.